The van der Waals surface area contributed by atoms with E-state index in [-0.39, 0.29) is 0 Å². The Labute approximate surface area is 104 Å². The fourth-order valence-electron chi connectivity index (χ4n) is 5.41. The molecule has 90 valence electrons. The van der Waals surface area contributed by atoms with E-state index in [9.17, 15) is 0 Å². The standard InChI is InChI=1S/C16H22N/c1-2-4-17(5-3-1)12-16-9-13-6-14(10-16)8-15(7-13)11-16/h1-5,13-15H,6-12H2/q+1. The molecule has 0 spiro atoms. The molecule has 4 bridgehead atoms. The van der Waals surface area contributed by atoms with Gasteiger partial charge in [0.05, 0.1) is 0 Å². The van der Waals surface area contributed by atoms with Crippen LogP contribution in [0.15, 0.2) is 30.6 Å². The van der Waals surface area contributed by atoms with Crippen LogP contribution in [0.4, 0.5) is 0 Å². The van der Waals surface area contributed by atoms with Crippen molar-refractivity contribution in [2.45, 2.75) is 45.1 Å². The van der Waals surface area contributed by atoms with E-state index < -0.39 is 0 Å². The first-order valence-electron chi connectivity index (χ1n) is 7.25. The Balaban J connectivity index is 1.61. The zero-order chi connectivity index (χ0) is 11.3. The van der Waals surface area contributed by atoms with Gasteiger partial charge >= 0.3 is 0 Å². The molecule has 17 heavy (non-hydrogen) atoms. The van der Waals surface area contributed by atoms with Crippen molar-refractivity contribution in [1.29, 1.82) is 0 Å². The van der Waals surface area contributed by atoms with Gasteiger partial charge in [0, 0.05) is 17.5 Å². The molecule has 1 heteroatoms. The van der Waals surface area contributed by atoms with Crippen LogP contribution in [0.1, 0.15) is 38.5 Å². The number of aromatic nitrogens is 1. The number of nitrogens with zero attached hydrogens (tertiary/aromatic N) is 1. The molecule has 0 atom stereocenters. The molecule has 0 N–H and O–H groups in total. The number of rotatable bonds is 2. The lowest BCUT2D eigenvalue weighted by molar-refractivity contribution is -0.712. The van der Waals surface area contributed by atoms with Crippen molar-refractivity contribution in [2.24, 2.45) is 23.2 Å². The van der Waals surface area contributed by atoms with Gasteiger partial charge in [0.1, 0.15) is 0 Å². The van der Waals surface area contributed by atoms with E-state index in [1.807, 2.05) is 0 Å². The zero-order valence-corrected chi connectivity index (χ0v) is 10.5. The maximum atomic E-state index is 2.42. The fourth-order valence-corrected chi connectivity index (χ4v) is 5.41. The minimum atomic E-state index is 0.667. The van der Waals surface area contributed by atoms with Crippen LogP contribution in [0.5, 0.6) is 0 Å². The molecule has 5 rings (SSSR count). The van der Waals surface area contributed by atoms with Crippen LogP contribution in [0, 0.1) is 23.2 Å². The first-order valence-corrected chi connectivity index (χ1v) is 7.25. The quantitative estimate of drug-likeness (QED) is 0.684. The number of hydrogen-bond acceptors (Lipinski definition) is 0. The highest BCUT2D eigenvalue weighted by Gasteiger charge is 2.52. The second-order valence-electron chi connectivity index (χ2n) is 6.97. The number of pyridine rings is 1. The van der Waals surface area contributed by atoms with Gasteiger partial charge in [-0.15, -0.1) is 0 Å². The average Bonchev–Trinajstić information content (AvgIpc) is 2.27. The van der Waals surface area contributed by atoms with Crippen molar-refractivity contribution in [3.8, 4) is 0 Å². The molecular weight excluding hydrogens is 206 g/mol. The summed E-state index contributed by atoms with van der Waals surface area (Å²) >= 11 is 0. The van der Waals surface area contributed by atoms with Crippen molar-refractivity contribution < 1.29 is 4.57 Å². The summed E-state index contributed by atoms with van der Waals surface area (Å²) in [5, 5.41) is 0. The summed E-state index contributed by atoms with van der Waals surface area (Å²) in [6, 6.07) is 6.46. The van der Waals surface area contributed by atoms with Crippen LogP contribution in [0.3, 0.4) is 0 Å². The van der Waals surface area contributed by atoms with Gasteiger partial charge in [0.15, 0.2) is 18.9 Å². The molecule has 0 aromatic carbocycles. The summed E-state index contributed by atoms with van der Waals surface area (Å²) in [6.07, 6.45) is 13.7. The summed E-state index contributed by atoms with van der Waals surface area (Å²) in [6.45, 7) is 1.28. The largest absolute Gasteiger partial charge is 0.205 e. The maximum absolute atomic E-state index is 2.42. The molecule has 1 aromatic rings. The molecule has 0 amide bonds. The summed E-state index contributed by atoms with van der Waals surface area (Å²) in [4.78, 5) is 0. The van der Waals surface area contributed by atoms with Gasteiger partial charge in [0.2, 0.25) is 0 Å². The van der Waals surface area contributed by atoms with Crippen LogP contribution in [-0.4, -0.2) is 0 Å². The molecule has 4 aliphatic carbocycles. The van der Waals surface area contributed by atoms with Gasteiger partial charge in [-0.3, -0.25) is 0 Å². The van der Waals surface area contributed by atoms with Crippen molar-refractivity contribution in [3.05, 3.63) is 30.6 Å². The van der Waals surface area contributed by atoms with E-state index in [0.29, 0.717) is 5.41 Å². The Morgan fingerprint density at radius 2 is 1.35 bits per heavy atom. The molecular formula is C16H22N+. The third-order valence-corrected chi connectivity index (χ3v) is 5.46. The third kappa shape index (κ3) is 1.71. The summed E-state index contributed by atoms with van der Waals surface area (Å²) in [7, 11) is 0. The van der Waals surface area contributed by atoms with Crippen LogP contribution < -0.4 is 4.57 Å². The minimum absolute atomic E-state index is 0.667. The van der Waals surface area contributed by atoms with Crippen molar-refractivity contribution >= 4 is 0 Å². The second kappa shape index (κ2) is 3.57. The van der Waals surface area contributed by atoms with E-state index in [2.05, 4.69) is 35.2 Å². The molecule has 1 heterocycles. The van der Waals surface area contributed by atoms with Gasteiger partial charge in [0.25, 0.3) is 0 Å². The Morgan fingerprint density at radius 1 is 0.824 bits per heavy atom. The second-order valence-corrected chi connectivity index (χ2v) is 6.97. The van der Waals surface area contributed by atoms with Crippen LogP contribution in [-0.2, 0) is 6.54 Å². The fraction of sp³-hybridized carbons (Fsp3) is 0.688. The monoisotopic (exact) mass is 228 g/mol. The van der Waals surface area contributed by atoms with Crippen molar-refractivity contribution in [2.75, 3.05) is 0 Å². The van der Waals surface area contributed by atoms with Crippen molar-refractivity contribution in [1.82, 2.24) is 0 Å². The molecule has 1 nitrogen and oxygen atoms in total. The number of hydrogen-bond donors (Lipinski definition) is 0. The Morgan fingerprint density at radius 3 is 1.88 bits per heavy atom. The topological polar surface area (TPSA) is 3.88 Å². The lowest BCUT2D eigenvalue weighted by Crippen LogP contribution is -2.53. The predicted octanol–water partition coefficient (Wildman–Crippen LogP) is 3.19. The highest BCUT2D eigenvalue weighted by molar-refractivity contribution is 5.00. The molecule has 0 aliphatic heterocycles. The lowest BCUT2D eigenvalue weighted by Gasteiger charge is -2.55. The Bertz CT molecular complexity index is 374. The molecule has 4 aliphatic rings. The first kappa shape index (κ1) is 10.1. The summed E-state index contributed by atoms with van der Waals surface area (Å²) in [5.74, 6) is 3.22. The van der Waals surface area contributed by atoms with E-state index in [1.165, 1.54) is 25.8 Å². The van der Waals surface area contributed by atoms with E-state index in [4.69, 9.17) is 0 Å². The first-order chi connectivity index (χ1) is 8.31. The maximum Gasteiger partial charge on any atom is 0.168 e. The molecule has 1 aromatic heterocycles. The Hall–Kier alpha value is -0.850. The molecule has 0 unspecified atom stereocenters. The van der Waals surface area contributed by atoms with Gasteiger partial charge in [-0.25, -0.2) is 4.57 Å². The van der Waals surface area contributed by atoms with Crippen molar-refractivity contribution in [3.63, 3.8) is 0 Å². The smallest absolute Gasteiger partial charge is 0.168 e. The van der Waals surface area contributed by atoms with Crippen LogP contribution in [0.2, 0.25) is 0 Å². The SMILES string of the molecule is c1cc[n+](CC23CC4CC(CC(C4)C2)C3)cc1. The zero-order valence-electron chi connectivity index (χ0n) is 10.5. The third-order valence-electron chi connectivity index (χ3n) is 5.46. The summed E-state index contributed by atoms with van der Waals surface area (Å²) in [5.41, 5.74) is 0.667. The Kier molecular flexibility index (Phi) is 2.12. The minimum Gasteiger partial charge on any atom is -0.205 e. The molecule has 4 saturated carbocycles. The van der Waals surface area contributed by atoms with E-state index in [0.717, 1.165) is 17.8 Å². The highest BCUT2D eigenvalue weighted by atomic mass is 14.9. The highest BCUT2D eigenvalue weighted by Crippen LogP contribution is 2.60. The van der Waals surface area contributed by atoms with Crippen LogP contribution >= 0.6 is 0 Å². The normalized spacial score (nSPS) is 42.9. The van der Waals surface area contributed by atoms with E-state index >= 15 is 0 Å². The molecule has 0 saturated heterocycles. The van der Waals surface area contributed by atoms with Gasteiger partial charge in [-0.2, -0.15) is 0 Å². The predicted molar refractivity (Wildman–Crippen MR) is 67.2 cm³/mol. The lowest BCUT2D eigenvalue weighted by atomic mass is 9.49. The van der Waals surface area contributed by atoms with Gasteiger partial charge in [-0.05, 0) is 56.3 Å². The summed E-state index contributed by atoms with van der Waals surface area (Å²) < 4.78 is 2.42. The van der Waals surface area contributed by atoms with Crippen LogP contribution in [0.25, 0.3) is 0 Å². The molecule has 4 fully saturated rings. The van der Waals surface area contributed by atoms with Gasteiger partial charge in [-0.1, -0.05) is 6.07 Å². The van der Waals surface area contributed by atoms with Gasteiger partial charge < -0.3 is 0 Å². The average molecular weight is 228 g/mol. The van der Waals surface area contributed by atoms with E-state index in [1.54, 1.807) is 19.3 Å². The molecule has 0 radical (unpaired) electrons.